The molecule has 0 fully saturated rings. The molecule has 0 unspecified atom stereocenters. The highest BCUT2D eigenvalue weighted by Gasteiger charge is 2.14. The van der Waals surface area contributed by atoms with Gasteiger partial charge in [-0.05, 0) is 34.6 Å². The zero-order valence-electron chi connectivity index (χ0n) is 12.8. The first kappa shape index (κ1) is 15.6. The van der Waals surface area contributed by atoms with E-state index in [9.17, 15) is 0 Å². The molecule has 3 heteroatoms. The molecule has 2 rings (SSSR count). The molecule has 21 heavy (non-hydrogen) atoms. The predicted molar refractivity (Wildman–Crippen MR) is 89.7 cm³/mol. The fourth-order valence-corrected chi connectivity index (χ4v) is 2.65. The Morgan fingerprint density at radius 2 is 2.05 bits per heavy atom. The molecule has 0 atom stereocenters. The molecule has 110 valence electrons. The van der Waals surface area contributed by atoms with Crippen LogP contribution in [0.15, 0.2) is 35.7 Å². The van der Waals surface area contributed by atoms with E-state index in [1.165, 1.54) is 5.56 Å². The lowest BCUT2D eigenvalue weighted by molar-refractivity contribution is 0.308. The molecule has 0 bridgehead atoms. The van der Waals surface area contributed by atoms with Gasteiger partial charge in [0.15, 0.2) is 0 Å². The van der Waals surface area contributed by atoms with Crippen molar-refractivity contribution in [2.24, 2.45) is 5.73 Å². The Labute approximate surface area is 131 Å². The van der Waals surface area contributed by atoms with Crippen LogP contribution in [0.5, 0.6) is 5.75 Å². The second kappa shape index (κ2) is 6.80. The van der Waals surface area contributed by atoms with Gasteiger partial charge in [0.05, 0.1) is 11.4 Å². The molecule has 0 aliphatic heterocycles. The maximum Gasteiger partial charge on any atom is 0.124 e. The van der Waals surface area contributed by atoms with E-state index in [2.05, 4.69) is 44.7 Å². The summed E-state index contributed by atoms with van der Waals surface area (Å²) in [7, 11) is 0. The normalized spacial score (nSPS) is 10.9. The maximum atomic E-state index is 5.92. The lowest BCUT2D eigenvalue weighted by Crippen LogP contribution is -2.10. The summed E-state index contributed by atoms with van der Waals surface area (Å²) in [5.74, 6) is 6.86. The molecule has 0 spiro atoms. The number of thiophene rings is 1. The fourth-order valence-electron chi connectivity index (χ4n) is 1.91. The average molecular weight is 299 g/mol. The molecule has 1 heterocycles. The van der Waals surface area contributed by atoms with Crippen molar-refractivity contribution in [3.8, 4) is 17.6 Å². The van der Waals surface area contributed by atoms with Crippen LogP contribution in [-0.4, -0.2) is 6.54 Å². The van der Waals surface area contributed by atoms with Gasteiger partial charge < -0.3 is 10.5 Å². The van der Waals surface area contributed by atoms with Crippen LogP contribution >= 0.6 is 11.3 Å². The van der Waals surface area contributed by atoms with E-state index in [0.717, 1.165) is 16.2 Å². The second-order valence-corrected chi connectivity index (χ2v) is 6.83. The summed E-state index contributed by atoms with van der Waals surface area (Å²) >= 11 is 1.66. The van der Waals surface area contributed by atoms with Crippen LogP contribution in [-0.2, 0) is 12.0 Å². The highest BCUT2D eigenvalue weighted by molar-refractivity contribution is 7.10. The standard InChI is InChI=1S/C18H21NOS/c1-18(2,3)15-7-4-8-16(12-15)20-13-17-14(6-5-10-19)9-11-21-17/h4,7-9,11-12H,10,13,19H2,1-3H3. The van der Waals surface area contributed by atoms with E-state index in [1.807, 2.05) is 23.6 Å². The van der Waals surface area contributed by atoms with E-state index in [0.29, 0.717) is 13.2 Å². The van der Waals surface area contributed by atoms with Crippen LogP contribution in [0.2, 0.25) is 0 Å². The Morgan fingerprint density at radius 3 is 2.76 bits per heavy atom. The van der Waals surface area contributed by atoms with Crippen molar-refractivity contribution >= 4 is 11.3 Å². The highest BCUT2D eigenvalue weighted by Crippen LogP contribution is 2.26. The van der Waals surface area contributed by atoms with Gasteiger partial charge >= 0.3 is 0 Å². The Morgan fingerprint density at radius 1 is 1.24 bits per heavy atom. The molecule has 0 radical (unpaired) electrons. The first-order chi connectivity index (χ1) is 10.0. The Bertz CT molecular complexity index is 656. The van der Waals surface area contributed by atoms with Crippen molar-refractivity contribution in [3.05, 3.63) is 51.7 Å². The number of hydrogen-bond acceptors (Lipinski definition) is 3. The minimum atomic E-state index is 0.125. The van der Waals surface area contributed by atoms with E-state index in [1.54, 1.807) is 11.3 Å². The molecule has 2 N–H and O–H groups in total. The summed E-state index contributed by atoms with van der Waals surface area (Å²) in [6.07, 6.45) is 0. The van der Waals surface area contributed by atoms with Crippen LogP contribution in [0.3, 0.4) is 0 Å². The molecule has 1 aromatic heterocycles. The minimum absolute atomic E-state index is 0.125. The second-order valence-electron chi connectivity index (χ2n) is 5.83. The van der Waals surface area contributed by atoms with Crippen molar-refractivity contribution in [2.75, 3.05) is 6.54 Å². The van der Waals surface area contributed by atoms with Gasteiger partial charge in [-0.3, -0.25) is 0 Å². The molecule has 0 amide bonds. The van der Waals surface area contributed by atoms with Crippen molar-refractivity contribution in [3.63, 3.8) is 0 Å². The van der Waals surface area contributed by atoms with Crippen molar-refractivity contribution in [1.29, 1.82) is 0 Å². The lowest BCUT2D eigenvalue weighted by Gasteiger charge is -2.19. The van der Waals surface area contributed by atoms with E-state index in [4.69, 9.17) is 10.5 Å². The molecule has 0 saturated heterocycles. The topological polar surface area (TPSA) is 35.2 Å². The minimum Gasteiger partial charge on any atom is -0.488 e. The Balaban J connectivity index is 2.09. The SMILES string of the molecule is CC(C)(C)c1cccc(OCc2sccc2C#CCN)c1. The number of hydrogen-bond donors (Lipinski definition) is 1. The summed E-state index contributed by atoms with van der Waals surface area (Å²) < 4.78 is 5.92. The summed E-state index contributed by atoms with van der Waals surface area (Å²) in [6.45, 7) is 7.52. The van der Waals surface area contributed by atoms with Gasteiger partial charge in [-0.1, -0.05) is 44.7 Å². The van der Waals surface area contributed by atoms with E-state index in [-0.39, 0.29) is 5.41 Å². The largest absolute Gasteiger partial charge is 0.488 e. The first-order valence-corrected chi connectivity index (χ1v) is 7.87. The highest BCUT2D eigenvalue weighted by atomic mass is 32.1. The summed E-state index contributed by atoms with van der Waals surface area (Å²) in [4.78, 5) is 1.14. The summed E-state index contributed by atoms with van der Waals surface area (Å²) in [6, 6.07) is 10.3. The van der Waals surface area contributed by atoms with Crippen LogP contribution in [0.1, 0.15) is 36.8 Å². The lowest BCUT2D eigenvalue weighted by atomic mass is 9.87. The van der Waals surface area contributed by atoms with Crippen LogP contribution in [0, 0.1) is 11.8 Å². The van der Waals surface area contributed by atoms with Gasteiger partial charge in [-0.25, -0.2) is 0 Å². The zero-order chi connectivity index (χ0) is 15.3. The predicted octanol–water partition coefficient (Wildman–Crippen LogP) is 3.93. The number of ether oxygens (including phenoxy) is 1. The van der Waals surface area contributed by atoms with Gasteiger partial charge in [-0.15, -0.1) is 11.3 Å². The third-order valence-electron chi connectivity index (χ3n) is 3.14. The Kier molecular flexibility index (Phi) is 5.06. The molecule has 1 aromatic carbocycles. The maximum absolute atomic E-state index is 5.92. The van der Waals surface area contributed by atoms with Gasteiger partial charge in [0.1, 0.15) is 12.4 Å². The van der Waals surface area contributed by atoms with Gasteiger partial charge in [0, 0.05) is 5.56 Å². The third kappa shape index (κ3) is 4.35. The van der Waals surface area contributed by atoms with Crippen molar-refractivity contribution in [2.45, 2.75) is 32.8 Å². The van der Waals surface area contributed by atoms with E-state index >= 15 is 0 Å². The summed E-state index contributed by atoms with van der Waals surface area (Å²) in [5, 5.41) is 2.03. The third-order valence-corrected chi connectivity index (χ3v) is 4.03. The number of nitrogens with two attached hydrogens (primary N) is 1. The van der Waals surface area contributed by atoms with Crippen molar-refractivity contribution < 1.29 is 4.74 Å². The van der Waals surface area contributed by atoms with Gasteiger partial charge in [0.2, 0.25) is 0 Å². The molecular formula is C18H21NOS. The smallest absolute Gasteiger partial charge is 0.124 e. The monoisotopic (exact) mass is 299 g/mol. The molecular weight excluding hydrogens is 278 g/mol. The summed E-state index contributed by atoms with van der Waals surface area (Å²) in [5.41, 5.74) is 7.83. The Hall–Kier alpha value is -1.76. The first-order valence-electron chi connectivity index (χ1n) is 6.99. The zero-order valence-corrected chi connectivity index (χ0v) is 13.6. The van der Waals surface area contributed by atoms with Gasteiger partial charge in [-0.2, -0.15) is 0 Å². The molecule has 0 aliphatic carbocycles. The molecule has 0 saturated carbocycles. The van der Waals surface area contributed by atoms with E-state index < -0.39 is 0 Å². The number of benzene rings is 1. The van der Waals surface area contributed by atoms with Gasteiger partial charge in [0.25, 0.3) is 0 Å². The van der Waals surface area contributed by atoms with Crippen LogP contribution < -0.4 is 10.5 Å². The quantitative estimate of drug-likeness (QED) is 0.871. The molecule has 2 nitrogen and oxygen atoms in total. The van der Waals surface area contributed by atoms with Crippen LogP contribution in [0.4, 0.5) is 0 Å². The average Bonchev–Trinajstić information content (AvgIpc) is 2.90. The molecule has 0 aliphatic rings. The fraction of sp³-hybridized carbons (Fsp3) is 0.333. The van der Waals surface area contributed by atoms with Crippen molar-refractivity contribution in [1.82, 2.24) is 0 Å². The number of rotatable bonds is 3. The molecule has 2 aromatic rings. The van der Waals surface area contributed by atoms with Crippen LogP contribution in [0.25, 0.3) is 0 Å².